The van der Waals surface area contributed by atoms with Gasteiger partial charge in [0.2, 0.25) is 0 Å². The standard InChI is InChI=1S/C19H26/c1-7-14(5)17(10-4)18-12-11-16(9-3)13-19(18)15(6)8-2/h8,10-13H,4,7,9H2,1-3,5-6H3/b15-8-,17-14+. The fraction of sp³-hybridized carbons (Fsp3) is 0.368. The van der Waals surface area contributed by atoms with E-state index in [1.54, 1.807) is 0 Å². The highest BCUT2D eigenvalue weighted by molar-refractivity contribution is 5.84. The molecule has 0 fully saturated rings. The van der Waals surface area contributed by atoms with Gasteiger partial charge in [-0.15, -0.1) is 0 Å². The topological polar surface area (TPSA) is 0 Å². The largest absolute Gasteiger partial charge is 0.0984 e. The van der Waals surface area contributed by atoms with Crippen molar-refractivity contribution in [1.29, 1.82) is 0 Å². The summed E-state index contributed by atoms with van der Waals surface area (Å²) in [5.74, 6) is 0. The minimum atomic E-state index is 1.06. The fourth-order valence-corrected chi connectivity index (χ4v) is 2.23. The molecular formula is C19H26. The third-order valence-corrected chi connectivity index (χ3v) is 3.83. The molecule has 0 spiro atoms. The molecule has 0 N–H and O–H groups in total. The summed E-state index contributed by atoms with van der Waals surface area (Å²) in [5.41, 5.74) is 8.03. The predicted molar refractivity (Wildman–Crippen MR) is 88.2 cm³/mol. The van der Waals surface area contributed by atoms with Gasteiger partial charge in [-0.25, -0.2) is 0 Å². The molecule has 0 atom stereocenters. The lowest BCUT2D eigenvalue weighted by Crippen LogP contribution is -1.95. The Labute approximate surface area is 118 Å². The Morgan fingerprint density at radius 1 is 1.16 bits per heavy atom. The molecule has 0 nitrogen and oxygen atoms in total. The lowest BCUT2D eigenvalue weighted by Gasteiger charge is -2.15. The molecule has 0 bridgehead atoms. The van der Waals surface area contributed by atoms with Gasteiger partial charge in [0.05, 0.1) is 0 Å². The molecule has 19 heavy (non-hydrogen) atoms. The van der Waals surface area contributed by atoms with E-state index in [4.69, 9.17) is 0 Å². The van der Waals surface area contributed by atoms with Crippen LogP contribution in [0.5, 0.6) is 0 Å². The molecule has 1 rings (SSSR count). The van der Waals surface area contributed by atoms with Gasteiger partial charge in [0.25, 0.3) is 0 Å². The van der Waals surface area contributed by atoms with Gasteiger partial charge in [-0.2, -0.15) is 0 Å². The molecule has 0 amide bonds. The molecule has 0 aromatic heterocycles. The van der Waals surface area contributed by atoms with E-state index in [-0.39, 0.29) is 0 Å². The van der Waals surface area contributed by atoms with Crippen molar-refractivity contribution in [2.45, 2.75) is 47.5 Å². The smallest absolute Gasteiger partial charge is 0.0109 e. The molecule has 0 aliphatic carbocycles. The lowest BCUT2D eigenvalue weighted by atomic mass is 9.90. The van der Waals surface area contributed by atoms with E-state index in [1.807, 2.05) is 6.08 Å². The van der Waals surface area contributed by atoms with Crippen molar-refractivity contribution in [1.82, 2.24) is 0 Å². The fourth-order valence-electron chi connectivity index (χ4n) is 2.23. The maximum atomic E-state index is 4.00. The van der Waals surface area contributed by atoms with Crippen LogP contribution < -0.4 is 0 Å². The van der Waals surface area contributed by atoms with Crippen LogP contribution in [-0.4, -0.2) is 0 Å². The summed E-state index contributed by atoms with van der Waals surface area (Å²) in [6.45, 7) is 14.9. The van der Waals surface area contributed by atoms with Crippen LogP contribution in [0.3, 0.4) is 0 Å². The molecule has 0 heterocycles. The highest BCUT2D eigenvalue weighted by Gasteiger charge is 2.09. The van der Waals surface area contributed by atoms with Gasteiger partial charge in [-0.1, -0.05) is 56.4 Å². The third-order valence-electron chi connectivity index (χ3n) is 3.83. The van der Waals surface area contributed by atoms with Crippen LogP contribution in [0, 0.1) is 0 Å². The summed E-state index contributed by atoms with van der Waals surface area (Å²) < 4.78 is 0. The monoisotopic (exact) mass is 254 g/mol. The Kier molecular flexibility index (Phi) is 5.82. The van der Waals surface area contributed by atoms with Crippen molar-refractivity contribution in [2.75, 3.05) is 0 Å². The Morgan fingerprint density at radius 2 is 1.84 bits per heavy atom. The van der Waals surface area contributed by atoms with E-state index >= 15 is 0 Å². The van der Waals surface area contributed by atoms with E-state index < -0.39 is 0 Å². The molecule has 1 aromatic carbocycles. The van der Waals surface area contributed by atoms with Crippen LogP contribution in [0.2, 0.25) is 0 Å². The van der Waals surface area contributed by atoms with Gasteiger partial charge >= 0.3 is 0 Å². The molecule has 0 heteroatoms. The van der Waals surface area contributed by atoms with Crippen LogP contribution in [0.4, 0.5) is 0 Å². The number of aryl methyl sites for hydroxylation is 1. The minimum absolute atomic E-state index is 1.06. The van der Waals surface area contributed by atoms with Crippen LogP contribution >= 0.6 is 0 Å². The van der Waals surface area contributed by atoms with Gasteiger partial charge in [0.1, 0.15) is 0 Å². The molecule has 1 aromatic rings. The lowest BCUT2D eigenvalue weighted by molar-refractivity contribution is 1.10. The second-order valence-corrected chi connectivity index (χ2v) is 4.96. The van der Waals surface area contributed by atoms with Crippen LogP contribution in [0.25, 0.3) is 11.1 Å². The molecule has 0 aliphatic rings. The Bertz CT molecular complexity index is 513. The second kappa shape index (κ2) is 7.13. The SMILES string of the molecule is C=C/C(=C(/C)CC)c1ccc(CC)cc1/C(C)=C\C. The number of hydrogen-bond acceptors (Lipinski definition) is 0. The first-order valence-corrected chi connectivity index (χ1v) is 7.17. The molecule has 0 saturated heterocycles. The van der Waals surface area contributed by atoms with Crippen LogP contribution in [0.15, 0.2) is 42.5 Å². The van der Waals surface area contributed by atoms with Crippen molar-refractivity contribution >= 4 is 11.1 Å². The Hall–Kier alpha value is -1.56. The molecular weight excluding hydrogens is 228 g/mol. The average molecular weight is 254 g/mol. The van der Waals surface area contributed by atoms with E-state index in [1.165, 1.54) is 33.4 Å². The van der Waals surface area contributed by atoms with Gasteiger partial charge in [-0.3, -0.25) is 0 Å². The molecule has 0 saturated carbocycles. The first-order chi connectivity index (χ1) is 9.08. The first-order valence-electron chi connectivity index (χ1n) is 7.17. The summed E-state index contributed by atoms with van der Waals surface area (Å²) in [7, 11) is 0. The van der Waals surface area contributed by atoms with E-state index in [2.05, 4.69) is 65.5 Å². The zero-order valence-electron chi connectivity index (χ0n) is 13.0. The van der Waals surface area contributed by atoms with Crippen LogP contribution in [-0.2, 0) is 6.42 Å². The van der Waals surface area contributed by atoms with E-state index in [9.17, 15) is 0 Å². The number of benzene rings is 1. The quantitative estimate of drug-likeness (QED) is 0.562. The van der Waals surface area contributed by atoms with Gasteiger partial charge in [0, 0.05) is 0 Å². The normalized spacial score (nSPS) is 13.2. The maximum absolute atomic E-state index is 4.00. The molecule has 0 radical (unpaired) electrons. The summed E-state index contributed by atoms with van der Waals surface area (Å²) >= 11 is 0. The zero-order chi connectivity index (χ0) is 14.4. The van der Waals surface area contributed by atoms with Crippen molar-refractivity contribution in [3.63, 3.8) is 0 Å². The number of hydrogen-bond donors (Lipinski definition) is 0. The van der Waals surface area contributed by atoms with Crippen molar-refractivity contribution in [3.05, 3.63) is 59.2 Å². The molecule has 0 unspecified atom stereocenters. The minimum Gasteiger partial charge on any atom is -0.0984 e. The number of allylic oxidation sites excluding steroid dienone is 5. The van der Waals surface area contributed by atoms with Crippen LogP contribution in [0.1, 0.15) is 57.7 Å². The van der Waals surface area contributed by atoms with Crippen molar-refractivity contribution in [2.24, 2.45) is 0 Å². The second-order valence-electron chi connectivity index (χ2n) is 4.96. The number of rotatable bonds is 5. The first kappa shape index (κ1) is 15.5. The summed E-state index contributed by atoms with van der Waals surface area (Å²) in [6, 6.07) is 6.79. The summed E-state index contributed by atoms with van der Waals surface area (Å²) in [5, 5.41) is 0. The van der Waals surface area contributed by atoms with Gasteiger partial charge < -0.3 is 0 Å². The van der Waals surface area contributed by atoms with Crippen molar-refractivity contribution < 1.29 is 0 Å². The van der Waals surface area contributed by atoms with E-state index in [0.29, 0.717) is 0 Å². The predicted octanol–water partition coefficient (Wildman–Crippen LogP) is 6.04. The molecule has 102 valence electrons. The maximum Gasteiger partial charge on any atom is -0.0109 e. The van der Waals surface area contributed by atoms with E-state index in [0.717, 1.165) is 12.8 Å². The average Bonchev–Trinajstić information content (AvgIpc) is 2.47. The Balaban J connectivity index is 3.55. The van der Waals surface area contributed by atoms with Crippen molar-refractivity contribution in [3.8, 4) is 0 Å². The zero-order valence-corrected chi connectivity index (χ0v) is 13.0. The summed E-state index contributed by atoms with van der Waals surface area (Å²) in [6.07, 6.45) is 6.31. The highest BCUT2D eigenvalue weighted by atomic mass is 14.1. The van der Waals surface area contributed by atoms with Gasteiger partial charge in [0.15, 0.2) is 0 Å². The van der Waals surface area contributed by atoms with Gasteiger partial charge in [-0.05, 0) is 61.4 Å². The Morgan fingerprint density at radius 3 is 2.32 bits per heavy atom. The highest BCUT2D eigenvalue weighted by Crippen LogP contribution is 2.30. The molecule has 0 aliphatic heterocycles. The third kappa shape index (κ3) is 3.47. The summed E-state index contributed by atoms with van der Waals surface area (Å²) in [4.78, 5) is 0.